The van der Waals surface area contributed by atoms with Gasteiger partial charge in [-0.15, -0.1) is 0 Å². The monoisotopic (exact) mass is 406 g/mol. The van der Waals surface area contributed by atoms with Crippen LogP contribution in [0.5, 0.6) is 0 Å². The lowest BCUT2D eigenvalue weighted by Crippen LogP contribution is -2.13. The van der Waals surface area contributed by atoms with Crippen LogP contribution >= 0.6 is 0 Å². The van der Waals surface area contributed by atoms with E-state index in [1.807, 2.05) is 18.2 Å². The first-order valence-electron chi connectivity index (χ1n) is 11.6. The highest BCUT2D eigenvalue weighted by Crippen LogP contribution is 2.39. The van der Waals surface area contributed by atoms with Crippen molar-refractivity contribution >= 4 is 10.8 Å². The van der Waals surface area contributed by atoms with Crippen LogP contribution in [0.3, 0.4) is 0 Å². The second-order valence-electron chi connectivity index (χ2n) is 8.98. The third kappa shape index (κ3) is 4.74. The standard InChI is InChI=1S/C28H32F2/c1-2-3-4-5-6-20-7-9-21(10-8-20)23-13-17-27-24(19-23)14-18-26(28(27)30)22-11-15-25(29)16-12-22/h11-21H,2-10H2,1H3. The zero-order valence-electron chi connectivity index (χ0n) is 18.0. The molecule has 0 bridgehead atoms. The van der Waals surface area contributed by atoms with Gasteiger partial charge in [0.1, 0.15) is 11.6 Å². The molecule has 0 atom stereocenters. The van der Waals surface area contributed by atoms with Gasteiger partial charge in [-0.05, 0) is 66.2 Å². The fourth-order valence-electron chi connectivity index (χ4n) is 5.06. The van der Waals surface area contributed by atoms with Crippen molar-refractivity contribution in [1.29, 1.82) is 0 Å². The maximum atomic E-state index is 15.2. The van der Waals surface area contributed by atoms with Gasteiger partial charge in [0.15, 0.2) is 0 Å². The summed E-state index contributed by atoms with van der Waals surface area (Å²) in [5.41, 5.74) is 2.58. The first kappa shape index (κ1) is 21.0. The average molecular weight is 407 g/mol. The van der Waals surface area contributed by atoms with Crippen molar-refractivity contribution in [3.05, 3.63) is 71.8 Å². The Labute approximate surface area is 179 Å². The van der Waals surface area contributed by atoms with E-state index in [-0.39, 0.29) is 11.6 Å². The Bertz CT molecular complexity index is 966. The van der Waals surface area contributed by atoms with Crippen molar-refractivity contribution in [2.24, 2.45) is 5.92 Å². The summed E-state index contributed by atoms with van der Waals surface area (Å²) in [6.07, 6.45) is 12.0. The van der Waals surface area contributed by atoms with Crippen LogP contribution in [0.15, 0.2) is 54.6 Å². The van der Waals surface area contributed by atoms with Crippen LogP contribution in [0.25, 0.3) is 21.9 Å². The van der Waals surface area contributed by atoms with Gasteiger partial charge in [-0.1, -0.05) is 81.5 Å². The fourth-order valence-corrected chi connectivity index (χ4v) is 5.06. The van der Waals surface area contributed by atoms with Crippen LogP contribution in [-0.4, -0.2) is 0 Å². The quantitative estimate of drug-likeness (QED) is 0.343. The lowest BCUT2D eigenvalue weighted by Gasteiger charge is -2.29. The molecule has 3 aromatic carbocycles. The molecule has 0 spiro atoms. The van der Waals surface area contributed by atoms with Crippen LogP contribution in [-0.2, 0) is 0 Å². The Morgan fingerprint density at radius 3 is 2.30 bits per heavy atom. The molecule has 1 saturated carbocycles. The molecule has 4 rings (SSSR count). The topological polar surface area (TPSA) is 0 Å². The average Bonchev–Trinajstić information content (AvgIpc) is 2.78. The second-order valence-corrected chi connectivity index (χ2v) is 8.98. The van der Waals surface area contributed by atoms with Gasteiger partial charge >= 0.3 is 0 Å². The van der Waals surface area contributed by atoms with Crippen molar-refractivity contribution in [1.82, 2.24) is 0 Å². The molecule has 0 saturated heterocycles. The minimum atomic E-state index is -0.305. The summed E-state index contributed by atoms with van der Waals surface area (Å²) in [5, 5.41) is 1.60. The van der Waals surface area contributed by atoms with Gasteiger partial charge in [0, 0.05) is 10.9 Å². The molecule has 1 aliphatic carbocycles. The predicted molar refractivity (Wildman–Crippen MR) is 123 cm³/mol. The maximum absolute atomic E-state index is 15.2. The van der Waals surface area contributed by atoms with Crippen molar-refractivity contribution in [2.75, 3.05) is 0 Å². The summed E-state index contributed by atoms with van der Waals surface area (Å²) in [4.78, 5) is 0. The normalized spacial score (nSPS) is 19.3. The molecule has 0 unspecified atom stereocenters. The molecule has 0 aromatic heterocycles. The molecule has 0 N–H and O–H groups in total. The van der Waals surface area contributed by atoms with E-state index in [2.05, 4.69) is 19.1 Å². The van der Waals surface area contributed by atoms with Gasteiger partial charge in [-0.2, -0.15) is 0 Å². The minimum Gasteiger partial charge on any atom is -0.207 e. The molecule has 0 amide bonds. The summed E-state index contributed by atoms with van der Waals surface area (Å²) in [5.74, 6) is 0.970. The van der Waals surface area contributed by atoms with E-state index in [1.54, 1.807) is 12.1 Å². The molecule has 1 fully saturated rings. The Kier molecular flexibility index (Phi) is 6.82. The summed E-state index contributed by atoms with van der Waals surface area (Å²) in [7, 11) is 0. The number of fused-ring (bicyclic) bond motifs is 1. The van der Waals surface area contributed by atoms with Crippen molar-refractivity contribution in [3.8, 4) is 11.1 Å². The van der Waals surface area contributed by atoms with E-state index in [1.165, 1.54) is 75.5 Å². The van der Waals surface area contributed by atoms with E-state index in [0.29, 0.717) is 22.4 Å². The Morgan fingerprint density at radius 1 is 0.800 bits per heavy atom. The second kappa shape index (κ2) is 9.73. The van der Waals surface area contributed by atoms with Gasteiger partial charge in [0.05, 0.1) is 0 Å². The number of rotatable bonds is 7. The lowest BCUT2D eigenvalue weighted by atomic mass is 9.76. The van der Waals surface area contributed by atoms with Crippen molar-refractivity contribution in [2.45, 2.75) is 70.6 Å². The fraction of sp³-hybridized carbons (Fsp3) is 0.429. The Balaban J connectivity index is 1.45. The zero-order chi connectivity index (χ0) is 20.9. The van der Waals surface area contributed by atoms with E-state index in [4.69, 9.17) is 0 Å². The molecule has 3 aromatic rings. The van der Waals surface area contributed by atoms with E-state index in [0.717, 1.165) is 11.3 Å². The lowest BCUT2D eigenvalue weighted by molar-refractivity contribution is 0.302. The molecule has 0 radical (unpaired) electrons. The van der Waals surface area contributed by atoms with E-state index in [9.17, 15) is 4.39 Å². The Morgan fingerprint density at radius 2 is 1.57 bits per heavy atom. The van der Waals surface area contributed by atoms with Gasteiger partial charge in [0.25, 0.3) is 0 Å². The zero-order valence-corrected chi connectivity index (χ0v) is 18.0. The van der Waals surface area contributed by atoms with Crippen molar-refractivity contribution < 1.29 is 8.78 Å². The molecule has 0 nitrogen and oxygen atoms in total. The smallest absolute Gasteiger partial charge is 0.138 e. The summed E-state index contributed by atoms with van der Waals surface area (Å²) >= 11 is 0. The first-order valence-corrected chi connectivity index (χ1v) is 11.6. The molecule has 0 heterocycles. The first-order chi connectivity index (χ1) is 14.7. The van der Waals surface area contributed by atoms with E-state index < -0.39 is 0 Å². The molecular formula is C28H32F2. The van der Waals surface area contributed by atoms with Crippen LogP contribution < -0.4 is 0 Å². The van der Waals surface area contributed by atoms with Crippen LogP contribution in [0.1, 0.15) is 76.2 Å². The number of unbranched alkanes of at least 4 members (excludes halogenated alkanes) is 3. The summed E-state index contributed by atoms with van der Waals surface area (Å²) in [6.45, 7) is 2.27. The highest BCUT2D eigenvalue weighted by atomic mass is 19.1. The number of halogens is 2. The third-order valence-electron chi connectivity index (χ3n) is 6.92. The van der Waals surface area contributed by atoms with Crippen LogP contribution in [0.4, 0.5) is 8.78 Å². The SMILES string of the molecule is CCCCCCC1CCC(c2ccc3c(F)c(-c4ccc(F)cc4)ccc3c2)CC1. The third-order valence-corrected chi connectivity index (χ3v) is 6.92. The van der Waals surface area contributed by atoms with Crippen LogP contribution in [0, 0.1) is 17.6 Å². The van der Waals surface area contributed by atoms with Gasteiger partial charge in [-0.25, -0.2) is 8.78 Å². The predicted octanol–water partition coefficient (Wildman–Crippen LogP) is 9.03. The van der Waals surface area contributed by atoms with E-state index >= 15 is 4.39 Å². The van der Waals surface area contributed by atoms with Crippen molar-refractivity contribution in [3.63, 3.8) is 0 Å². The molecule has 30 heavy (non-hydrogen) atoms. The molecule has 2 heteroatoms. The number of hydrogen-bond donors (Lipinski definition) is 0. The highest BCUT2D eigenvalue weighted by molar-refractivity contribution is 5.88. The van der Waals surface area contributed by atoms with Gasteiger partial charge in [-0.3, -0.25) is 0 Å². The largest absolute Gasteiger partial charge is 0.207 e. The summed E-state index contributed by atoms with van der Waals surface area (Å²) < 4.78 is 28.4. The molecule has 1 aliphatic rings. The van der Waals surface area contributed by atoms with Crippen LogP contribution in [0.2, 0.25) is 0 Å². The number of hydrogen-bond acceptors (Lipinski definition) is 0. The summed E-state index contributed by atoms with van der Waals surface area (Å²) in [6, 6.07) is 16.1. The molecule has 0 aliphatic heterocycles. The molecular weight excluding hydrogens is 374 g/mol. The number of benzene rings is 3. The van der Waals surface area contributed by atoms with Gasteiger partial charge in [0.2, 0.25) is 0 Å². The van der Waals surface area contributed by atoms with Gasteiger partial charge < -0.3 is 0 Å². The molecule has 158 valence electrons. The highest BCUT2D eigenvalue weighted by Gasteiger charge is 2.22. The minimum absolute atomic E-state index is 0.221. The Hall–Kier alpha value is -2.22. The maximum Gasteiger partial charge on any atom is 0.138 e.